The molecule has 0 saturated heterocycles. The number of anilines is 1. The smallest absolute Gasteiger partial charge is 0.118 e. The molecule has 3 nitrogen and oxygen atoms in total. The van der Waals surface area contributed by atoms with Crippen molar-refractivity contribution < 1.29 is 4.74 Å². The lowest BCUT2D eigenvalue weighted by atomic mass is 10.1. The molecule has 20 heavy (non-hydrogen) atoms. The summed E-state index contributed by atoms with van der Waals surface area (Å²) in [5.41, 5.74) is 5.96. The second-order valence-corrected chi connectivity index (χ2v) is 4.87. The molecular weight excluding hydrogens is 272 g/mol. The molecule has 0 fully saturated rings. The number of nitrogens with one attached hydrogen (secondary N) is 1. The van der Waals surface area contributed by atoms with Crippen molar-refractivity contribution >= 4 is 23.0 Å². The molecule has 0 radical (unpaired) electrons. The summed E-state index contributed by atoms with van der Waals surface area (Å²) < 4.78 is 5.14. The molecule has 0 aliphatic heterocycles. The summed E-state index contributed by atoms with van der Waals surface area (Å²) in [6.07, 6.45) is 0.779. The Morgan fingerprint density at radius 1 is 1.15 bits per heavy atom. The quantitative estimate of drug-likeness (QED) is 0.654. The summed E-state index contributed by atoms with van der Waals surface area (Å²) in [6, 6.07) is 15.5. The highest BCUT2D eigenvalue weighted by Crippen LogP contribution is 2.20. The Balaban J connectivity index is 1.98. The van der Waals surface area contributed by atoms with Crippen molar-refractivity contribution in [2.45, 2.75) is 13.3 Å². The first-order valence-corrected chi connectivity index (χ1v) is 6.73. The maximum atomic E-state index is 6.06. The zero-order chi connectivity index (χ0) is 14.4. The topological polar surface area (TPSA) is 33.6 Å². The highest BCUT2D eigenvalue weighted by molar-refractivity contribution is 6.33. The molecule has 0 unspecified atom stereocenters. The average molecular weight is 289 g/mol. The standard InChI is InChI=1S/C16H17ClN2O/c1-12(11-13-7-9-14(20-2)10-8-13)18-19-16-6-4-3-5-15(16)17/h3-10,19H,11H2,1-2H3/b18-12-. The van der Waals surface area contributed by atoms with Gasteiger partial charge in [-0.15, -0.1) is 0 Å². The molecule has 0 aromatic heterocycles. The number of hydrazone groups is 1. The minimum absolute atomic E-state index is 0.661. The highest BCUT2D eigenvalue weighted by Gasteiger charge is 1.99. The van der Waals surface area contributed by atoms with E-state index in [1.807, 2.05) is 55.5 Å². The molecule has 0 aliphatic rings. The van der Waals surface area contributed by atoms with Gasteiger partial charge >= 0.3 is 0 Å². The lowest BCUT2D eigenvalue weighted by Gasteiger charge is -2.06. The van der Waals surface area contributed by atoms with Gasteiger partial charge in [0.2, 0.25) is 0 Å². The van der Waals surface area contributed by atoms with Gasteiger partial charge in [-0.05, 0) is 36.8 Å². The van der Waals surface area contributed by atoms with Crippen LogP contribution in [0.25, 0.3) is 0 Å². The molecule has 2 aromatic rings. The van der Waals surface area contributed by atoms with Crippen molar-refractivity contribution in [3.8, 4) is 5.75 Å². The fourth-order valence-electron chi connectivity index (χ4n) is 1.79. The van der Waals surface area contributed by atoms with Crippen LogP contribution in [-0.2, 0) is 6.42 Å². The number of nitrogens with zero attached hydrogens (tertiary/aromatic N) is 1. The van der Waals surface area contributed by atoms with Crippen molar-refractivity contribution in [1.82, 2.24) is 0 Å². The van der Waals surface area contributed by atoms with E-state index in [9.17, 15) is 0 Å². The maximum absolute atomic E-state index is 6.06. The van der Waals surface area contributed by atoms with Gasteiger partial charge in [-0.1, -0.05) is 35.9 Å². The van der Waals surface area contributed by atoms with Gasteiger partial charge in [0.25, 0.3) is 0 Å². The Labute approximate surface area is 124 Å². The molecule has 0 amide bonds. The Morgan fingerprint density at radius 2 is 1.85 bits per heavy atom. The molecule has 0 aliphatic carbocycles. The molecule has 104 valence electrons. The lowest BCUT2D eigenvalue weighted by Crippen LogP contribution is -2.02. The van der Waals surface area contributed by atoms with Gasteiger partial charge in [0, 0.05) is 12.1 Å². The van der Waals surface area contributed by atoms with E-state index in [0.29, 0.717) is 5.02 Å². The van der Waals surface area contributed by atoms with Crippen LogP contribution in [0.1, 0.15) is 12.5 Å². The number of para-hydroxylation sites is 1. The summed E-state index contributed by atoms with van der Waals surface area (Å²) in [6.45, 7) is 1.98. The van der Waals surface area contributed by atoms with E-state index in [2.05, 4.69) is 10.5 Å². The van der Waals surface area contributed by atoms with Crippen LogP contribution in [0.4, 0.5) is 5.69 Å². The Kier molecular flexibility index (Phi) is 5.02. The molecule has 1 N–H and O–H groups in total. The normalized spacial score (nSPS) is 11.2. The Morgan fingerprint density at radius 3 is 2.50 bits per heavy atom. The first kappa shape index (κ1) is 14.4. The van der Waals surface area contributed by atoms with Crippen molar-refractivity contribution in [2.24, 2.45) is 5.10 Å². The molecule has 0 spiro atoms. The summed E-state index contributed by atoms with van der Waals surface area (Å²) in [7, 11) is 1.66. The van der Waals surface area contributed by atoms with Crippen LogP contribution >= 0.6 is 11.6 Å². The van der Waals surface area contributed by atoms with Crippen LogP contribution in [0.2, 0.25) is 5.02 Å². The number of methoxy groups -OCH3 is 1. The van der Waals surface area contributed by atoms with E-state index in [0.717, 1.165) is 23.6 Å². The van der Waals surface area contributed by atoms with Gasteiger partial charge in [0.05, 0.1) is 17.8 Å². The van der Waals surface area contributed by atoms with Crippen molar-refractivity contribution in [2.75, 3.05) is 12.5 Å². The van der Waals surface area contributed by atoms with E-state index in [4.69, 9.17) is 16.3 Å². The number of ether oxygens (including phenoxy) is 1. The summed E-state index contributed by atoms with van der Waals surface area (Å²) in [4.78, 5) is 0. The zero-order valence-electron chi connectivity index (χ0n) is 11.6. The minimum atomic E-state index is 0.661. The lowest BCUT2D eigenvalue weighted by molar-refractivity contribution is 0.414. The molecule has 0 bridgehead atoms. The second-order valence-electron chi connectivity index (χ2n) is 4.46. The summed E-state index contributed by atoms with van der Waals surface area (Å²) in [5.74, 6) is 0.859. The fraction of sp³-hybridized carbons (Fsp3) is 0.188. The van der Waals surface area contributed by atoms with Crippen LogP contribution in [0.3, 0.4) is 0 Å². The predicted molar refractivity (Wildman–Crippen MR) is 84.9 cm³/mol. The van der Waals surface area contributed by atoms with Gasteiger partial charge in [0.15, 0.2) is 0 Å². The van der Waals surface area contributed by atoms with Gasteiger partial charge < -0.3 is 4.74 Å². The molecule has 0 heterocycles. The largest absolute Gasteiger partial charge is 0.497 e. The number of hydrogen-bond acceptors (Lipinski definition) is 3. The van der Waals surface area contributed by atoms with Crippen LogP contribution in [0.5, 0.6) is 5.75 Å². The van der Waals surface area contributed by atoms with Crippen LogP contribution in [-0.4, -0.2) is 12.8 Å². The number of hydrogen-bond donors (Lipinski definition) is 1. The van der Waals surface area contributed by atoms with E-state index in [1.165, 1.54) is 5.56 Å². The van der Waals surface area contributed by atoms with E-state index in [1.54, 1.807) is 7.11 Å². The first-order valence-electron chi connectivity index (χ1n) is 6.35. The average Bonchev–Trinajstić information content (AvgIpc) is 2.47. The molecular formula is C16H17ClN2O. The van der Waals surface area contributed by atoms with E-state index < -0.39 is 0 Å². The van der Waals surface area contributed by atoms with Crippen molar-refractivity contribution in [3.05, 3.63) is 59.1 Å². The zero-order valence-corrected chi connectivity index (χ0v) is 12.3. The molecule has 2 rings (SSSR count). The molecule has 4 heteroatoms. The third-order valence-electron chi connectivity index (χ3n) is 2.86. The number of benzene rings is 2. The number of rotatable bonds is 5. The van der Waals surface area contributed by atoms with Gasteiger partial charge in [-0.3, -0.25) is 5.43 Å². The fourth-order valence-corrected chi connectivity index (χ4v) is 1.96. The Bertz CT molecular complexity index is 594. The monoisotopic (exact) mass is 288 g/mol. The first-order chi connectivity index (χ1) is 9.69. The van der Waals surface area contributed by atoms with Gasteiger partial charge in [0.1, 0.15) is 5.75 Å². The van der Waals surface area contributed by atoms with Crippen LogP contribution in [0, 0.1) is 0 Å². The number of halogens is 1. The second kappa shape index (κ2) is 6.96. The Hall–Kier alpha value is -2.00. The summed E-state index contributed by atoms with van der Waals surface area (Å²) in [5, 5.41) is 5.00. The molecule has 0 saturated carbocycles. The van der Waals surface area contributed by atoms with Crippen molar-refractivity contribution in [3.63, 3.8) is 0 Å². The van der Waals surface area contributed by atoms with Crippen molar-refractivity contribution in [1.29, 1.82) is 0 Å². The minimum Gasteiger partial charge on any atom is -0.497 e. The van der Waals surface area contributed by atoms with Gasteiger partial charge in [-0.25, -0.2) is 0 Å². The SMILES string of the molecule is COc1ccc(C/C(C)=N\Nc2ccccc2Cl)cc1. The third-order valence-corrected chi connectivity index (χ3v) is 3.19. The maximum Gasteiger partial charge on any atom is 0.118 e. The van der Waals surface area contributed by atoms with Crippen LogP contribution in [0.15, 0.2) is 53.6 Å². The molecule has 0 atom stereocenters. The van der Waals surface area contributed by atoms with Crippen LogP contribution < -0.4 is 10.2 Å². The summed E-state index contributed by atoms with van der Waals surface area (Å²) >= 11 is 6.06. The highest BCUT2D eigenvalue weighted by atomic mass is 35.5. The third kappa shape index (κ3) is 4.00. The van der Waals surface area contributed by atoms with E-state index >= 15 is 0 Å². The van der Waals surface area contributed by atoms with E-state index in [-0.39, 0.29) is 0 Å². The van der Waals surface area contributed by atoms with Gasteiger partial charge in [-0.2, -0.15) is 5.10 Å². The predicted octanol–water partition coefficient (Wildman–Crippen LogP) is 4.38. The molecule has 2 aromatic carbocycles.